The Bertz CT molecular complexity index is 488. The van der Waals surface area contributed by atoms with Crippen molar-refractivity contribution in [3.63, 3.8) is 0 Å². The Kier molecular flexibility index (Phi) is 3.82. The molecule has 0 aliphatic carbocycles. The molecule has 0 bridgehead atoms. The number of carbonyl (C=O) groups excluding carboxylic acids is 1. The van der Waals surface area contributed by atoms with Gasteiger partial charge in [0.05, 0.1) is 17.9 Å². The minimum atomic E-state index is -0.105. The first-order valence-electron chi connectivity index (χ1n) is 6.06. The molecule has 0 radical (unpaired) electrons. The minimum Gasteiger partial charge on any atom is -0.472 e. The lowest BCUT2D eigenvalue weighted by molar-refractivity contribution is 0.0925. The van der Waals surface area contributed by atoms with Crippen molar-refractivity contribution in [1.29, 1.82) is 0 Å². The summed E-state index contributed by atoms with van der Waals surface area (Å²) in [5.41, 5.74) is 1.67. The van der Waals surface area contributed by atoms with Crippen molar-refractivity contribution in [1.82, 2.24) is 5.32 Å². The van der Waals surface area contributed by atoms with Crippen LogP contribution in [0.3, 0.4) is 0 Å². The number of hydrogen-bond acceptors (Lipinski definition) is 2. The third-order valence-corrected chi connectivity index (χ3v) is 2.90. The van der Waals surface area contributed by atoms with Crippen molar-refractivity contribution in [2.24, 2.45) is 5.92 Å². The van der Waals surface area contributed by atoms with E-state index in [-0.39, 0.29) is 11.9 Å². The monoisotopic (exact) mass is 243 g/mol. The number of amides is 1. The van der Waals surface area contributed by atoms with Gasteiger partial charge < -0.3 is 9.73 Å². The predicted octanol–water partition coefficient (Wildman–Crippen LogP) is 3.41. The second-order valence-corrected chi connectivity index (χ2v) is 4.62. The fraction of sp³-hybridized carbons (Fsp3) is 0.267. The highest BCUT2D eigenvalue weighted by Crippen LogP contribution is 2.21. The Hall–Kier alpha value is -2.03. The average molecular weight is 243 g/mol. The smallest absolute Gasteiger partial charge is 0.255 e. The second-order valence-electron chi connectivity index (χ2n) is 4.62. The minimum absolute atomic E-state index is 0.00796. The number of nitrogens with one attached hydrogen (secondary N) is 1. The van der Waals surface area contributed by atoms with Gasteiger partial charge in [-0.1, -0.05) is 44.2 Å². The van der Waals surface area contributed by atoms with Gasteiger partial charge in [0.15, 0.2) is 0 Å². The molecule has 1 heterocycles. The summed E-state index contributed by atoms with van der Waals surface area (Å²) in [6, 6.07) is 11.7. The van der Waals surface area contributed by atoms with E-state index in [0.29, 0.717) is 11.5 Å². The summed E-state index contributed by atoms with van der Waals surface area (Å²) < 4.78 is 4.92. The predicted molar refractivity (Wildman–Crippen MR) is 70.2 cm³/mol. The first-order valence-corrected chi connectivity index (χ1v) is 6.06. The molecule has 1 aromatic carbocycles. The zero-order valence-corrected chi connectivity index (χ0v) is 10.6. The van der Waals surface area contributed by atoms with Gasteiger partial charge >= 0.3 is 0 Å². The van der Waals surface area contributed by atoms with Crippen LogP contribution in [0.15, 0.2) is 53.3 Å². The Labute approximate surface area is 107 Å². The SMILES string of the molecule is CC(C)C(NC(=O)c1ccoc1)c1ccccc1. The van der Waals surface area contributed by atoms with Gasteiger partial charge in [0.2, 0.25) is 0 Å². The summed E-state index contributed by atoms with van der Waals surface area (Å²) in [4.78, 5) is 12.0. The van der Waals surface area contributed by atoms with Gasteiger partial charge in [-0.25, -0.2) is 0 Å². The molecule has 1 amide bonds. The molecule has 94 valence electrons. The molecule has 3 nitrogen and oxygen atoms in total. The first-order chi connectivity index (χ1) is 8.68. The van der Waals surface area contributed by atoms with Crippen molar-refractivity contribution in [3.05, 3.63) is 60.1 Å². The van der Waals surface area contributed by atoms with Gasteiger partial charge in [-0.05, 0) is 17.5 Å². The van der Waals surface area contributed by atoms with Gasteiger partial charge in [0, 0.05) is 0 Å². The molecule has 2 rings (SSSR count). The molecule has 1 N–H and O–H groups in total. The average Bonchev–Trinajstić information content (AvgIpc) is 2.90. The molecular weight excluding hydrogens is 226 g/mol. The standard InChI is InChI=1S/C15H17NO2/c1-11(2)14(12-6-4-3-5-7-12)16-15(17)13-8-9-18-10-13/h3-11,14H,1-2H3,(H,16,17). The maximum absolute atomic E-state index is 12.0. The molecule has 0 fully saturated rings. The summed E-state index contributed by atoms with van der Waals surface area (Å²) in [7, 11) is 0. The molecule has 3 heteroatoms. The number of rotatable bonds is 4. The van der Waals surface area contributed by atoms with E-state index < -0.39 is 0 Å². The second kappa shape index (κ2) is 5.54. The van der Waals surface area contributed by atoms with Crippen molar-refractivity contribution in [3.8, 4) is 0 Å². The highest BCUT2D eigenvalue weighted by atomic mass is 16.3. The molecule has 0 saturated heterocycles. The first kappa shape index (κ1) is 12.4. The molecule has 2 aromatic rings. The molecule has 1 atom stereocenters. The van der Waals surface area contributed by atoms with Crippen LogP contribution in [0.25, 0.3) is 0 Å². The lowest BCUT2D eigenvalue weighted by Crippen LogP contribution is -2.31. The van der Waals surface area contributed by atoms with Gasteiger partial charge in [-0.15, -0.1) is 0 Å². The van der Waals surface area contributed by atoms with Crippen LogP contribution in [0.1, 0.15) is 35.8 Å². The van der Waals surface area contributed by atoms with Gasteiger partial charge in [0.25, 0.3) is 5.91 Å². The zero-order valence-electron chi connectivity index (χ0n) is 10.6. The van der Waals surface area contributed by atoms with E-state index in [1.54, 1.807) is 6.07 Å². The van der Waals surface area contributed by atoms with Gasteiger partial charge in [0.1, 0.15) is 6.26 Å². The third-order valence-electron chi connectivity index (χ3n) is 2.90. The van der Waals surface area contributed by atoms with E-state index in [2.05, 4.69) is 19.2 Å². The maximum Gasteiger partial charge on any atom is 0.255 e. The zero-order chi connectivity index (χ0) is 13.0. The lowest BCUT2D eigenvalue weighted by Gasteiger charge is -2.22. The van der Waals surface area contributed by atoms with Crippen LogP contribution >= 0.6 is 0 Å². The van der Waals surface area contributed by atoms with Crippen LogP contribution in [0.5, 0.6) is 0 Å². The van der Waals surface area contributed by atoms with Crippen LogP contribution < -0.4 is 5.32 Å². The molecule has 18 heavy (non-hydrogen) atoms. The number of benzene rings is 1. The van der Waals surface area contributed by atoms with Gasteiger partial charge in [-0.2, -0.15) is 0 Å². The number of furan rings is 1. The summed E-state index contributed by atoms with van der Waals surface area (Å²) in [5, 5.41) is 3.04. The Morgan fingerprint density at radius 1 is 1.17 bits per heavy atom. The topological polar surface area (TPSA) is 42.2 Å². The van der Waals surface area contributed by atoms with Crippen LogP contribution in [0.2, 0.25) is 0 Å². The highest BCUT2D eigenvalue weighted by Gasteiger charge is 2.19. The highest BCUT2D eigenvalue weighted by molar-refractivity contribution is 5.94. The Morgan fingerprint density at radius 2 is 1.89 bits per heavy atom. The molecule has 0 saturated carbocycles. The molecule has 1 aromatic heterocycles. The molecule has 0 spiro atoms. The van der Waals surface area contributed by atoms with E-state index in [0.717, 1.165) is 5.56 Å². The summed E-state index contributed by atoms with van der Waals surface area (Å²) in [6.07, 6.45) is 2.96. The summed E-state index contributed by atoms with van der Waals surface area (Å²) in [5.74, 6) is 0.217. The van der Waals surface area contributed by atoms with E-state index in [4.69, 9.17) is 4.42 Å². The molecule has 0 aliphatic heterocycles. The van der Waals surface area contributed by atoms with Crippen molar-refractivity contribution >= 4 is 5.91 Å². The third kappa shape index (κ3) is 2.80. The molecular formula is C15H17NO2. The Morgan fingerprint density at radius 3 is 2.44 bits per heavy atom. The van der Waals surface area contributed by atoms with Crippen molar-refractivity contribution < 1.29 is 9.21 Å². The molecule has 1 unspecified atom stereocenters. The van der Waals surface area contributed by atoms with Crippen LogP contribution in [0.4, 0.5) is 0 Å². The van der Waals surface area contributed by atoms with Crippen LogP contribution in [-0.2, 0) is 0 Å². The van der Waals surface area contributed by atoms with Gasteiger partial charge in [-0.3, -0.25) is 4.79 Å². The van der Waals surface area contributed by atoms with E-state index in [1.807, 2.05) is 30.3 Å². The normalized spacial score (nSPS) is 12.4. The van der Waals surface area contributed by atoms with E-state index in [9.17, 15) is 4.79 Å². The largest absolute Gasteiger partial charge is 0.472 e. The van der Waals surface area contributed by atoms with Crippen LogP contribution in [0, 0.1) is 5.92 Å². The lowest BCUT2D eigenvalue weighted by atomic mass is 9.96. The van der Waals surface area contributed by atoms with Crippen molar-refractivity contribution in [2.75, 3.05) is 0 Å². The maximum atomic E-state index is 12.0. The fourth-order valence-corrected chi connectivity index (χ4v) is 1.91. The quantitative estimate of drug-likeness (QED) is 0.894. The van der Waals surface area contributed by atoms with E-state index >= 15 is 0 Å². The van der Waals surface area contributed by atoms with Crippen molar-refractivity contribution in [2.45, 2.75) is 19.9 Å². The molecule has 0 aliphatic rings. The summed E-state index contributed by atoms with van der Waals surface area (Å²) >= 11 is 0. The summed E-state index contributed by atoms with van der Waals surface area (Å²) in [6.45, 7) is 4.18. The van der Waals surface area contributed by atoms with Crippen LogP contribution in [-0.4, -0.2) is 5.91 Å². The van der Waals surface area contributed by atoms with E-state index in [1.165, 1.54) is 12.5 Å². The fourth-order valence-electron chi connectivity index (χ4n) is 1.91. The number of hydrogen-bond donors (Lipinski definition) is 1. The Balaban J connectivity index is 2.15. The number of carbonyl (C=O) groups is 1.